The van der Waals surface area contributed by atoms with Crippen LogP contribution in [0, 0.1) is 0 Å². The van der Waals surface area contributed by atoms with Crippen molar-refractivity contribution < 1.29 is 14.3 Å². The van der Waals surface area contributed by atoms with Gasteiger partial charge in [0.25, 0.3) is 0 Å². The predicted octanol–water partition coefficient (Wildman–Crippen LogP) is 7.93. The van der Waals surface area contributed by atoms with E-state index in [-0.39, 0.29) is 16.8 Å². The van der Waals surface area contributed by atoms with E-state index in [1.807, 2.05) is 19.1 Å². The van der Waals surface area contributed by atoms with Crippen molar-refractivity contribution in [2.24, 2.45) is 0 Å². The zero-order chi connectivity index (χ0) is 24.5. The summed E-state index contributed by atoms with van der Waals surface area (Å²) < 4.78 is 11.4. The molecule has 0 radical (unpaired) electrons. The third kappa shape index (κ3) is 8.68. The molecule has 0 aliphatic carbocycles. The Hall–Kier alpha value is -2.29. The van der Waals surface area contributed by atoms with E-state index in [1.165, 1.54) is 17.2 Å². The topological polar surface area (TPSA) is 35.5 Å². The molecule has 0 aromatic heterocycles. The van der Waals surface area contributed by atoms with E-state index in [9.17, 15) is 4.79 Å². The summed E-state index contributed by atoms with van der Waals surface area (Å²) in [5.74, 6) is 0.676. The monoisotopic (exact) mass is 440 g/mol. The summed E-state index contributed by atoms with van der Waals surface area (Å²) in [5, 5.41) is 0. The van der Waals surface area contributed by atoms with Gasteiger partial charge in [0.2, 0.25) is 0 Å². The van der Waals surface area contributed by atoms with Crippen molar-refractivity contribution in [1.82, 2.24) is 0 Å². The molecule has 32 heavy (non-hydrogen) atoms. The molecule has 0 saturated carbocycles. The van der Waals surface area contributed by atoms with Gasteiger partial charge in [-0.05, 0) is 60.8 Å². The van der Waals surface area contributed by atoms with Crippen LogP contribution in [0.15, 0.2) is 42.0 Å². The highest BCUT2D eigenvalue weighted by Gasteiger charge is 2.26. The maximum Gasteiger partial charge on any atom is 0.330 e. The van der Waals surface area contributed by atoms with Crippen LogP contribution in [0.2, 0.25) is 0 Å². The molecule has 1 aromatic carbocycles. The van der Waals surface area contributed by atoms with Gasteiger partial charge in [0, 0.05) is 17.2 Å². The van der Waals surface area contributed by atoms with Gasteiger partial charge in [-0.1, -0.05) is 79.2 Å². The Morgan fingerprint density at radius 2 is 1.66 bits per heavy atom. The molecule has 3 nitrogen and oxygen atoms in total. The SMILES string of the molecule is CCCCOc1c(/C(C)=C/C=C/C(C)=C/C(=O)OCC)cc(C(C)(C)C)cc1C(C)(C)C. The molecule has 1 rings (SSSR count). The van der Waals surface area contributed by atoms with E-state index in [2.05, 4.69) is 73.6 Å². The van der Waals surface area contributed by atoms with Crippen molar-refractivity contribution in [1.29, 1.82) is 0 Å². The first-order chi connectivity index (χ1) is 14.8. The van der Waals surface area contributed by atoms with Crippen LogP contribution < -0.4 is 4.74 Å². The summed E-state index contributed by atoms with van der Waals surface area (Å²) in [6, 6.07) is 4.59. The van der Waals surface area contributed by atoms with Gasteiger partial charge in [0.05, 0.1) is 13.2 Å². The van der Waals surface area contributed by atoms with Crippen molar-refractivity contribution in [3.8, 4) is 5.75 Å². The molecule has 0 unspecified atom stereocenters. The van der Waals surface area contributed by atoms with Crippen molar-refractivity contribution in [2.75, 3.05) is 13.2 Å². The molecule has 0 atom stereocenters. The Labute approximate surface area is 196 Å². The largest absolute Gasteiger partial charge is 0.493 e. The molecule has 1 aromatic rings. The molecule has 0 fully saturated rings. The fraction of sp³-hybridized carbons (Fsp3) is 0.552. The molecule has 0 amide bonds. The second-order valence-electron chi connectivity index (χ2n) is 10.5. The van der Waals surface area contributed by atoms with E-state index >= 15 is 0 Å². The first-order valence-electron chi connectivity index (χ1n) is 11.8. The Balaban J connectivity index is 3.50. The second kappa shape index (κ2) is 12.1. The fourth-order valence-corrected chi connectivity index (χ4v) is 3.24. The number of rotatable bonds is 9. The van der Waals surface area contributed by atoms with E-state index in [0.717, 1.165) is 35.3 Å². The molecule has 0 saturated heterocycles. The third-order valence-electron chi connectivity index (χ3n) is 5.27. The second-order valence-corrected chi connectivity index (χ2v) is 10.5. The van der Waals surface area contributed by atoms with Crippen molar-refractivity contribution in [3.05, 3.63) is 58.7 Å². The van der Waals surface area contributed by atoms with E-state index < -0.39 is 0 Å². The Kier molecular flexibility index (Phi) is 10.5. The van der Waals surface area contributed by atoms with Gasteiger partial charge in [-0.25, -0.2) is 4.79 Å². The lowest BCUT2D eigenvalue weighted by atomic mass is 9.78. The van der Waals surface area contributed by atoms with Crippen LogP contribution in [0.4, 0.5) is 0 Å². The zero-order valence-corrected chi connectivity index (χ0v) is 22.0. The van der Waals surface area contributed by atoms with Crippen molar-refractivity contribution in [3.63, 3.8) is 0 Å². The van der Waals surface area contributed by atoms with Gasteiger partial charge in [-0.15, -0.1) is 0 Å². The highest BCUT2D eigenvalue weighted by Crippen LogP contribution is 2.41. The number of hydrogen-bond donors (Lipinski definition) is 0. The highest BCUT2D eigenvalue weighted by molar-refractivity contribution is 5.83. The van der Waals surface area contributed by atoms with Gasteiger partial charge < -0.3 is 9.47 Å². The summed E-state index contributed by atoms with van der Waals surface area (Å²) in [6.45, 7) is 22.6. The van der Waals surface area contributed by atoms with Crippen LogP contribution in [-0.4, -0.2) is 19.2 Å². The molecule has 0 heterocycles. The van der Waals surface area contributed by atoms with Crippen LogP contribution >= 0.6 is 0 Å². The first kappa shape index (κ1) is 27.7. The lowest BCUT2D eigenvalue weighted by Gasteiger charge is -2.29. The summed E-state index contributed by atoms with van der Waals surface area (Å²) in [6.07, 6.45) is 9.64. The number of carbonyl (C=O) groups is 1. The Morgan fingerprint density at radius 3 is 2.19 bits per heavy atom. The number of unbranched alkanes of at least 4 members (excludes halogenated alkanes) is 1. The molecule has 0 bridgehead atoms. The van der Waals surface area contributed by atoms with Gasteiger partial charge >= 0.3 is 5.97 Å². The average molecular weight is 441 g/mol. The lowest BCUT2D eigenvalue weighted by Crippen LogP contribution is -2.19. The molecule has 3 heteroatoms. The minimum Gasteiger partial charge on any atom is -0.493 e. The maximum absolute atomic E-state index is 11.6. The third-order valence-corrected chi connectivity index (χ3v) is 5.27. The van der Waals surface area contributed by atoms with Crippen LogP contribution in [0.5, 0.6) is 5.75 Å². The van der Waals surface area contributed by atoms with E-state index in [0.29, 0.717) is 13.2 Å². The molecule has 0 N–H and O–H groups in total. The highest BCUT2D eigenvalue weighted by atomic mass is 16.5. The maximum atomic E-state index is 11.6. The fourth-order valence-electron chi connectivity index (χ4n) is 3.24. The summed E-state index contributed by atoms with van der Waals surface area (Å²) in [5.41, 5.74) is 5.66. The molecular formula is C29H44O3. The average Bonchev–Trinajstić information content (AvgIpc) is 2.66. The number of hydrogen-bond acceptors (Lipinski definition) is 3. The quantitative estimate of drug-likeness (QED) is 0.169. The number of ether oxygens (including phenoxy) is 2. The summed E-state index contributed by atoms with van der Waals surface area (Å²) in [7, 11) is 0. The lowest BCUT2D eigenvalue weighted by molar-refractivity contribution is -0.137. The van der Waals surface area contributed by atoms with Gasteiger partial charge in [0.15, 0.2) is 0 Å². The number of benzene rings is 1. The number of carbonyl (C=O) groups excluding carboxylic acids is 1. The van der Waals surface area contributed by atoms with E-state index in [1.54, 1.807) is 6.92 Å². The standard InChI is InChI=1S/C29H44O3/c1-11-13-17-32-27-24(19-23(28(5,6)7)20-25(27)29(8,9)10)22(4)16-14-15-21(3)18-26(30)31-12-2/h14-16,18-20H,11-13,17H2,1-10H3/b15-14+,21-18+,22-16+. The number of allylic oxidation sites excluding steroid dienone is 5. The Morgan fingerprint density at radius 1 is 1.00 bits per heavy atom. The normalized spacial score (nSPS) is 13.6. The first-order valence-corrected chi connectivity index (χ1v) is 11.8. The molecular weight excluding hydrogens is 396 g/mol. The van der Waals surface area contributed by atoms with Crippen LogP contribution in [-0.2, 0) is 20.4 Å². The van der Waals surface area contributed by atoms with Gasteiger partial charge in [0.1, 0.15) is 5.75 Å². The van der Waals surface area contributed by atoms with Gasteiger partial charge in [-0.3, -0.25) is 0 Å². The molecule has 0 aliphatic heterocycles. The molecule has 178 valence electrons. The van der Waals surface area contributed by atoms with Crippen LogP contribution in [0.1, 0.15) is 98.8 Å². The Bertz CT molecular complexity index is 856. The molecule has 0 aliphatic rings. The van der Waals surface area contributed by atoms with Gasteiger partial charge in [-0.2, -0.15) is 0 Å². The minimum atomic E-state index is -0.311. The summed E-state index contributed by atoms with van der Waals surface area (Å²) >= 11 is 0. The van der Waals surface area contributed by atoms with Crippen LogP contribution in [0.25, 0.3) is 5.57 Å². The summed E-state index contributed by atoms with van der Waals surface area (Å²) in [4.78, 5) is 11.6. The molecule has 0 spiro atoms. The number of esters is 1. The zero-order valence-electron chi connectivity index (χ0n) is 22.0. The smallest absolute Gasteiger partial charge is 0.330 e. The van der Waals surface area contributed by atoms with Crippen molar-refractivity contribution >= 4 is 11.5 Å². The predicted molar refractivity (Wildman–Crippen MR) is 137 cm³/mol. The van der Waals surface area contributed by atoms with Crippen LogP contribution in [0.3, 0.4) is 0 Å². The van der Waals surface area contributed by atoms with E-state index in [4.69, 9.17) is 9.47 Å². The van der Waals surface area contributed by atoms with Crippen molar-refractivity contribution in [2.45, 2.75) is 92.9 Å². The minimum absolute atomic E-state index is 0.0335.